The predicted molar refractivity (Wildman–Crippen MR) is 136 cm³/mol. The van der Waals surface area contributed by atoms with Crippen LogP contribution in [0.4, 0.5) is 0 Å². The smallest absolute Gasteiger partial charge is 0.0788 e. The normalized spacial score (nSPS) is 45.6. The number of aliphatic hydroxyl groups excluding tert-OH is 2. The summed E-state index contributed by atoms with van der Waals surface area (Å²) in [5, 5.41) is 21.7. The molecule has 3 heteroatoms. The zero-order chi connectivity index (χ0) is 24.1. The highest BCUT2D eigenvalue weighted by molar-refractivity contribution is 5.28. The number of hydrogen-bond donors (Lipinski definition) is 2. The van der Waals surface area contributed by atoms with E-state index in [9.17, 15) is 10.2 Å². The molecule has 0 saturated heterocycles. The first kappa shape index (κ1) is 25.7. The quantitative estimate of drug-likeness (QED) is 0.420. The van der Waals surface area contributed by atoms with Gasteiger partial charge in [-0.3, -0.25) is 0 Å². The highest BCUT2D eigenvalue weighted by Gasteiger charge is 2.61. The van der Waals surface area contributed by atoms with Crippen molar-refractivity contribution < 1.29 is 14.9 Å². The van der Waals surface area contributed by atoms with Gasteiger partial charge in [0.1, 0.15) is 0 Å². The fourth-order valence-corrected chi connectivity index (χ4v) is 9.44. The summed E-state index contributed by atoms with van der Waals surface area (Å²) in [5.41, 5.74) is 2.00. The maximum atomic E-state index is 11.3. The van der Waals surface area contributed by atoms with Gasteiger partial charge in [0.25, 0.3) is 0 Å². The van der Waals surface area contributed by atoms with Crippen molar-refractivity contribution in [1.29, 1.82) is 0 Å². The van der Waals surface area contributed by atoms with Gasteiger partial charge in [-0.05, 0) is 104 Å². The maximum absolute atomic E-state index is 11.3. The molecule has 0 aromatic carbocycles. The van der Waals surface area contributed by atoms with Gasteiger partial charge in [-0.2, -0.15) is 0 Å². The summed E-state index contributed by atoms with van der Waals surface area (Å²) in [6.07, 6.45) is 12.3. The van der Waals surface area contributed by atoms with E-state index in [1.54, 1.807) is 0 Å². The molecule has 0 bridgehead atoms. The molecule has 11 atom stereocenters. The molecular formula is C30H52O3. The van der Waals surface area contributed by atoms with Crippen LogP contribution in [0.3, 0.4) is 0 Å². The van der Waals surface area contributed by atoms with Crippen molar-refractivity contribution in [1.82, 2.24) is 0 Å². The van der Waals surface area contributed by atoms with Crippen LogP contribution in [0.5, 0.6) is 0 Å². The van der Waals surface area contributed by atoms with Crippen LogP contribution in [-0.2, 0) is 4.74 Å². The van der Waals surface area contributed by atoms with Crippen molar-refractivity contribution in [2.45, 2.75) is 118 Å². The summed E-state index contributed by atoms with van der Waals surface area (Å²) in [6.45, 7) is 14.3. The molecule has 33 heavy (non-hydrogen) atoms. The Morgan fingerprint density at radius 1 is 1.06 bits per heavy atom. The second kappa shape index (κ2) is 9.58. The Morgan fingerprint density at radius 2 is 1.79 bits per heavy atom. The molecule has 3 nitrogen and oxygen atoms in total. The van der Waals surface area contributed by atoms with E-state index >= 15 is 0 Å². The minimum absolute atomic E-state index is 0.178. The summed E-state index contributed by atoms with van der Waals surface area (Å²) >= 11 is 0. The first-order chi connectivity index (χ1) is 15.6. The second-order valence-electron chi connectivity index (χ2n) is 13.3. The molecule has 3 fully saturated rings. The molecule has 4 rings (SSSR count). The van der Waals surface area contributed by atoms with Crippen molar-refractivity contribution >= 4 is 0 Å². The molecular weight excluding hydrogens is 408 g/mol. The van der Waals surface area contributed by atoms with Gasteiger partial charge in [0, 0.05) is 7.11 Å². The van der Waals surface area contributed by atoms with Crippen LogP contribution in [0.15, 0.2) is 11.6 Å². The molecule has 4 aliphatic rings. The fourth-order valence-electron chi connectivity index (χ4n) is 9.44. The van der Waals surface area contributed by atoms with Gasteiger partial charge < -0.3 is 14.9 Å². The molecule has 0 radical (unpaired) electrons. The molecule has 4 unspecified atom stereocenters. The zero-order valence-corrected chi connectivity index (χ0v) is 22.5. The van der Waals surface area contributed by atoms with Crippen LogP contribution in [0.1, 0.15) is 99.3 Å². The van der Waals surface area contributed by atoms with Crippen molar-refractivity contribution in [3.05, 3.63) is 11.6 Å². The Hall–Kier alpha value is -0.380. The Labute approximate surface area is 203 Å². The van der Waals surface area contributed by atoms with Crippen molar-refractivity contribution in [3.63, 3.8) is 0 Å². The molecule has 0 aromatic rings. The SMILES string of the molecule is CC[C@@H](C[C@@H](O)[C@@H](C)C1CCC2C3C(CC[C@@]21C)[C@@]1(C)CC[C@H](O)CC1=C[C@@H]3OC)C(C)C. The van der Waals surface area contributed by atoms with E-state index in [4.69, 9.17) is 4.74 Å². The fraction of sp³-hybridized carbons (Fsp3) is 0.933. The third kappa shape index (κ3) is 4.27. The lowest BCUT2D eigenvalue weighted by atomic mass is 9.46. The Bertz CT molecular complexity index is 715. The Balaban J connectivity index is 1.57. The van der Waals surface area contributed by atoms with Gasteiger partial charge in [-0.1, -0.05) is 59.6 Å². The number of aliphatic hydroxyl groups is 2. The summed E-state index contributed by atoms with van der Waals surface area (Å²) in [7, 11) is 1.89. The zero-order valence-electron chi connectivity index (χ0n) is 22.5. The van der Waals surface area contributed by atoms with Gasteiger partial charge in [0.2, 0.25) is 0 Å². The molecule has 0 heterocycles. The first-order valence-corrected chi connectivity index (χ1v) is 14.2. The minimum atomic E-state index is -0.191. The lowest BCUT2D eigenvalue weighted by molar-refractivity contribution is -0.111. The van der Waals surface area contributed by atoms with Gasteiger partial charge in [0.15, 0.2) is 0 Å². The van der Waals surface area contributed by atoms with Crippen LogP contribution in [0.25, 0.3) is 0 Å². The largest absolute Gasteiger partial charge is 0.393 e. The summed E-state index contributed by atoms with van der Waals surface area (Å²) in [6, 6.07) is 0. The molecule has 2 N–H and O–H groups in total. The third-order valence-corrected chi connectivity index (χ3v) is 11.7. The molecule has 3 saturated carbocycles. The van der Waals surface area contributed by atoms with E-state index in [2.05, 4.69) is 47.6 Å². The number of methoxy groups -OCH3 is 1. The monoisotopic (exact) mass is 460 g/mol. The van der Waals surface area contributed by atoms with Crippen LogP contribution < -0.4 is 0 Å². The predicted octanol–water partition coefficient (Wildman–Crippen LogP) is 6.62. The van der Waals surface area contributed by atoms with E-state index in [0.29, 0.717) is 46.8 Å². The molecule has 0 aromatic heterocycles. The Kier molecular flexibility index (Phi) is 7.46. The molecule has 0 aliphatic heterocycles. The number of fused-ring (bicyclic) bond motifs is 5. The minimum Gasteiger partial charge on any atom is -0.393 e. The number of hydrogen-bond acceptors (Lipinski definition) is 3. The van der Waals surface area contributed by atoms with Gasteiger partial charge in [-0.25, -0.2) is 0 Å². The van der Waals surface area contributed by atoms with Gasteiger partial charge in [-0.15, -0.1) is 0 Å². The lowest BCUT2D eigenvalue weighted by Gasteiger charge is -2.60. The third-order valence-electron chi connectivity index (χ3n) is 11.7. The van der Waals surface area contributed by atoms with Crippen LogP contribution in [0.2, 0.25) is 0 Å². The topological polar surface area (TPSA) is 49.7 Å². The van der Waals surface area contributed by atoms with Crippen molar-refractivity contribution in [2.24, 2.45) is 52.3 Å². The van der Waals surface area contributed by atoms with E-state index in [1.165, 1.54) is 31.3 Å². The molecule has 4 aliphatic carbocycles. The van der Waals surface area contributed by atoms with Crippen LogP contribution in [0, 0.1) is 52.3 Å². The maximum Gasteiger partial charge on any atom is 0.0788 e. The summed E-state index contributed by atoms with van der Waals surface area (Å²) in [4.78, 5) is 0. The van der Waals surface area contributed by atoms with Crippen LogP contribution in [-0.4, -0.2) is 35.6 Å². The van der Waals surface area contributed by atoms with Gasteiger partial charge in [0.05, 0.1) is 18.3 Å². The Morgan fingerprint density at radius 3 is 2.42 bits per heavy atom. The standard InChI is InChI=1S/C30H52O3/c1-8-20(18(2)3)15-26(32)19(4)23-9-10-24-28-25(12-14-30(23,24)6)29(5)13-11-22(31)16-21(29)17-27(28)33-7/h17-20,22-28,31-32H,8-16H2,1-7H3/t19-,20-,22-,23?,24?,25?,26+,27-,28?,29-,30+/m0/s1. The molecule has 0 spiro atoms. The summed E-state index contributed by atoms with van der Waals surface area (Å²) < 4.78 is 6.17. The van der Waals surface area contributed by atoms with Crippen molar-refractivity contribution in [2.75, 3.05) is 7.11 Å². The lowest BCUT2D eigenvalue weighted by Crippen LogP contribution is -2.55. The highest BCUT2D eigenvalue weighted by atomic mass is 16.5. The average Bonchev–Trinajstić information content (AvgIpc) is 3.13. The molecule has 0 amide bonds. The first-order valence-electron chi connectivity index (χ1n) is 14.2. The van der Waals surface area contributed by atoms with E-state index < -0.39 is 0 Å². The highest BCUT2D eigenvalue weighted by Crippen LogP contribution is 2.67. The van der Waals surface area contributed by atoms with E-state index in [1.807, 2.05) is 7.11 Å². The second-order valence-corrected chi connectivity index (χ2v) is 13.3. The van der Waals surface area contributed by atoms with Crippen molar-refractivity contribution in [3.8, 4) is 0 Å². The van der Waals surface area contributed by atoms with E-state index in [0.717, 1.165) is 32.1 Å². The number of rotatable bonds is 7. The average molecular weight is 461 g/mol. The van der Waals surface area contributed by atoms with E-state index in [-0.39, 0.29) is 23.7 Å². The van der Waals surface area contributed by atoms with Crippen LogP contribution >= 0.6 is 0 Å². The molecule has 190 valence electrons. The summed E-state index contributed by atoms with van der Waals surface area (Å²) in [5.74, 6) is 4.13. The number of ether oxygens (including phenoxy) is 1. The van der Waals surface area contributed by atoms with Gasteiger partial charge >= 0.3 is 0 Å².